The number of carbonyl (C=O) groups excluding carboxylic acids is 2. The van der Waals surface area contributed by atoms with Crippen molar-refractivity contribution in [3.05, 3.63) is 0 Å². The van der Waals surface area contributed by atoms with E-state index in [1.165, 1.54) is 64.2 Å². The van der Waals surface area contributed by atoms with Gasteiger partial charge in [0.15, 0.2) is 0 Å². The Morgan fingerprint density at radius 3 is 1.76 bits per heavy atom. The molecule has 0 aromatic carbocycles. The van der Waals surface area contributed by atoms with Gasteiger partial charge in [0.25, 0.3) is 0 Å². The number of carboxylic acids is 1. The van der Waals surface area contributed by atoms with Crippen LogP contribution < -0.4 is 5.11 Å². The molecule has 0 spiro atoms. The minimum atomic E-state index is -1.12. The second-order valence-corrected chi connectivity index (χ2v) is 10.1. The second-order valence-electron chi connectivity index (χ2n) is 10.1. The smallest absolute Gasteiger partial charge is 0.305 e. The number of hydrogen-bond donors (Lipinski definition) is 1. The van der Waals surface area contributed by atoms with Gasteiger partial charge in [-0.15, -0.1) is 0 Å². The fourth-order valence-electron chi connectivity index (χ4n) is 3.83. The van der Waals surface area contributed by atoms with E-state index in [0.29, 0.717) is 6.42 Å². The Balaban J connectivity index is 3.55. The molecule has 1 unspecified atom stereocenters. The SMILES string of the molecule is CCCCCCCCCCCCCCCC(=O)OCC(O)COCC[C@@H](C(=O)[O-])[N+](C)(C)C. The van der Waals surface area contributed by atoms with Crippen LogP contribution in [-0.4, -0.2) is 74.6 Å². The monoisotopic (exact) mass is 473 g/mol. The zero-order valence-corrected chi connectivity index (χ0v) is 21.8. The third-order valence-corrected chi connectivity index (χ3v) is 5.97. The molecule has 196 valence electrons. The fourth-order valence-corrected chi connectivity index (χ4v) is 3.83. The number of aliphatic carboxylic acids is 1. The van der Waals surface area contributed by atoms with Crippen molar-refractivity contribution in [2.45, 2.75) is 115 Å². The molecule has 1 N–H and O–H groups in total. The molecule has 0 saturated heterocycles. The minimum absolute atomic E-state index is 0.00291. The summed E-state index contributed by atoms with van der Waals surface area (Å²) in [6.07, 6.45) is 16.1. The Kier molecular flexibility index (Phi) is 19.5. The van der Waals surface area contributed by atoms with Crippen LogP contribution in [0.15, 0.2) is 0 Å². The summed E-state index contributed by atoms with van der Waals surface area (Å²) >= 11 is 0. The average molecular weight is 474 g/mol. The molecule has 0 aromatic heterocycles. The number of likely N-dealkylation sites (N-methyl/N-ethyl adjacent to an activating group) is 1. The standard InChI is InChI=1S/C26H51NO6/c1-5-6-7-8-9-10-11-12-13-14-15-16-17-18-25(29)33-22-23(28)21-32-20-19-24(26(30)31)27(2,3)4/h23-24,28H,5-22H2,1-4H3/t23?,24-/m0/s1. The summed E-state index contributed by atoms with van der Waals surface area (Å²) < 4.78 is 10.7. The first-order valence-electron chi connectivity index (χ1n) is 13.1. The van der Waals surface area contributed by atoms with Crippen molar-refractivity contribution in [3.8, 4) is 0 Å². The van der Waals surface area contributed by atoms with E-state index in [1.54, 1.807) is 21.1 Å². The van der Waals surface area contributed by atoms with Crippen LogP contribution >= 0.6 is 0 Å². The lowest BCUT2D eigenvalue weighted by molar-refractivity contribution is -0.889. The van der Waals surface area contributed by atoms with E-state index in [4.69, 9.17) is 9.47 Å². The van der Waals surface area contributed by atoms with Crippen molar-refractivity contribution in [2.75, 3.05) is 41.0 Å². The minimum Gasteiger partial charge on any atom is -0.544 e. The predicted molar refractivity (Wildman–Crippen MR) is 130 cm³/mol. The Hall–Kier alpha value is -1.18. The summed E-state index contributed by atoms with van der Waals surface area (Å²) in [7, 11) is 5.35. The number of rotatable bonds is 23. The third-order valence-electron chi connectivity index (χ3n) is 5.97. The summed E-state index contributed by atoms with van der Waals surface area (Å²) in [5.74, 6) is -1.41. The molecule has 0 aliphatic heterocycles. The van der Waals surface area contributed by atoms with Gasteiger partial charge < -0.3 is 29.0 Å². The van der Waals surface area contributed by atoms with Crippen LogP contribution in [0.2, 0.25) is 0 Å². The summed E-state index contributed by atoms with van der Waals surface area (Å²) in [4.78, 5) is 23.0. The van der Waals surface area contributed by atoms with Crippen molar-refractivity contribution in [3.63, 3.8) is 0 Å². The van der Waals surface area contributed by atoms with E-state index in [-0.39, 0.29) is 36.7 Å². The molecule has 33 heavy (non-hydrogen) atoms. The number of carbonyl (C=O) groups is 2. The molecule has 0 heterocycles. The maximum Gasteiger partial charge on any atom is 0.305 e. The van der Waals surface area contributed by atoms with E-state index < -0.39 is 18.1 Å². The normalized spacial score (nSPS) is 13.6. The van der Waals surface area contributed by atoms with Crippen LogP contribution in [0.1, 0.15) is 103 Å². The maximum absolute atomic E-state index is 11.8. The Morgan fingerprint density at radius 2 is 1.30 bits per heavy atom. The van der Waals surface area contributed by atoms with Gasteiger partial charge in [-0.2, -0.15) is 0 Å². The van der Waals surface area contributed by atoms with E-state index in [2.05, 4.69) is 6.92 Å². The Bertz CT molecular complexity index is 492. The molecule has 0 aromatic rings. The number of unbranched alkanes of at least 4 members (excludes halogenated alkanes) is 12. The highest BCUT2D eigenvalue weighted by atomic mass is 16.5. The first-order valence-corrected chi connectivity index (χ1v) is 13.1. The largest absolute Gasteiger partial charge is 0.544 e. The van der Waals surface area contributed by atoms with Crippen LogP contribution in [0.5, 0.6) is 0 Å². The molecule has 0 amide bonds. The van der Waals surface area contributed by atoms with Crippen LogP contribution in [0.3, 0.4) is 0 Å². The van der Waals surface area contributed by atoms with Gasteiger partial charge in [-0.05, 0) is 6.42 Å². The highest BCUT2D eigenvalue weighted by Crippen LogP contribution is 2.13. The summed E-state index contributed by atoms with van der Waals surface area (Å²) in [6.45, 7) is 2.34. The molecule has 7 nitrogen and oxygen atoms in total. The van der Waals surface area contributed by atoms with Gasteiger partial charge in [0, 0.05) is 12.8 Å². The van der Waals surface area contributed by atoms with Gasteiger partial charge in [-0.25, -0.2) is 0 Å². The van der Waals surface area contributed by atoms with Crippen molar-refractivity contribution < 1.29 is 33.8 Å². The van der Waals surface area contributed by atoms with Gasteiger partial charge in [-0.3, -0.25) is 4.79 Å². The molecule has 0 rings (SSSR count). The molecule has 0 aliphatic carbocycles. The van der Waals surface area contributed by atoms with Gasteiger partial charge in [0.2, 0.25) is 0 Å². The number of hydrogen-bond acceptors (Lipinski definition) is 6. The van der Waals surface area contributed by atoms with Crippen LogP contribution in [0.25, 0.3) is 0 Å². The quantitative estimate of drug-likeness (QED) is 0.138. The fraction of sp³-hybridized carbons (Fsp3) is 0.923. The third kappa shape index (κ3) is 20.0. The molecular formula is C26H51NO6. The molecule has 7 heteroatoms. The molecule has 2 atom stereocenters. The first-order chi connectivity index (χ1) is 15.7. The van der Waals surface area contributed by atoms with Crippen LogP contribution in [0, 0.1) is 0 Å². The molecule has 0 saturated carbocycles. The zero-order valence-electron chi connectivity index (χ0n) is 21.8. The molecule has 0 bridgehead atoms. The number of ether oxygens (including phenoxy) is 2. The topological polar surface area (TPSA) is 95.9 Å². The van der Waals surface area contributed by atoms with Crippen molar-refractivity contribution >= 4 is 11.9 Å². The highest BCUT2D eigenvalue weighted by Gasteiger charge is 2.24. The zero-order chi connectivity index (χ0) is 25.0. The van der Waals surface area contributed by atoms with E-state index in [0.717, 1.165) is 19.3 Å². The number of carboxylic acid groups (broad SMARTS) is 1. The number of quaternary nitrogens is 1. The molecule has 0 radical (unpaired) electrons. The number of aliphatic hydroxyl groups is 1. The van der Waals surface area contributed by atoms with Crippen LogP contribution in [0.4, 0.5) is 0 Å². The summed E-state index contributed by atoms with van der Waals surface area (Å²) in [5, 5.41) is 21.1. The lowest BCUT2D eigenvalue weighted by atomic mass is 10.0. The van der Waals surface area contributed by atoms with E-state index >= 15 is 0 Å². The van der Waals surface area contributed by atoms with Gasteiger partial charge >= 0.3 is 5.97 Å². The van der Waals surface area contributed by atoms with Crippen molar-refractivity contribution in [2.24, 2.45) is 0 Å². The summed E-state index contributed by atoms with van der Waals surface area (Å²) in [6, 6.07) is -0.680. The van der Waals surface area contributed by atoms with Gasteiger partial charge in [0.05, 0.1) is 40.3 Å². The van der Waals surface area contributed by atoms with Crippen molar-refractivity contribution in [1.29, 1.82) is 0 Å². The maximum atomic E-state index is 11.8. The summed E-state index contributed by atoms with van der Waals surface area (Å²) in [5.41, 5.74) is 0. The highest BCUT2D eigenvalue weighted by molar-refractivity contribution is 5.69. The molecule has 0 fully saturated rings. The lowest BCUT2D eigenvalue weighted by Crippen LogP contribution is -2.55. The van der Waals surface area contributed by atoms with E-state index in [1.807, 2.05) is 0 Å². The van der Waals surface area contributed by atoms with Gasteiger partial charge in [0.1, 0.15) is 18.8 Å². The average Bonchev–Trinajstić information content (AvgIpc) is 2.74. The number of esters is 1. The number of aliphatic hydroxyl groups excluding tert-OH is 1. The second kappa shape index (κ2) is 20.2. The Labute approximate surface area is 202 Å². The van der Waals surface area contributed by atoms with Crippen LogP contribution in [-0.2, 0) is 19.1 Å². The Morgan fingerprint density at radius 1 is 0.818 bits per heavy atom. The van der Waals surface area contributed by atoms with Gasteiger partial charge in [-0.1, -0.05) is 84.0 Å². The predicted octanol–water partition coefficient (Wildman–Crippen LogP) is 3.60. The molecular weight excluding hydrogens is 422 g/mol. The lowest BCUT2D eigenvalue weighted by Gasteiger charge is -2.34. The van der Waals surface area contributed by atoms with E-state index in [9.17, 15) is 19.8 Å². The van der Waals surface area contributed by atoms with Crippen molar-refractivity contribution in [1.82, 2.24) is 0 Å². The number of nitrogens with zero attached hydrogens (tertiary/aromatic N) is 1. The molecule has 0 aliphatic rings. The first kappa shape index (κ1) is 31.8.